The lowest BCUT2D eigenvalue weighted by atomic mass is 10.1. The van der Waals surface area contributed by atoms with Gasteiger partial charge >= 0.3 is 0 Å². The van der Waals surface area contributed by atoms with Gasteiger partial charge < -0.3 is 15.2 Å². The minimum absolute atomic E-state index is 0.0731. The molecule has 0 fully saturated rings. The quantitative estimate of drug-likeness (QED) is 0.465. The summed E-state index contributed by atoms with van der Waals surface area (Å²) in [5.41, 5.74) is 0.982. The second-order valence-electron chi connectivity index (χ2n) is 5.93. The molecule has 0 aromatic heterocycles. The zero-order valence-electron chi connectivity index (χ0n) is 15.1. The summed E-state index contributed by atoms with van der Waals surface area (Å²) in [6, 6.07) is 18.1. The van der Waals surface area contributed by atoms with E-state index in [2.05, 4.69) is 5.32 Å². The van der Waals surface area contributed by atoms with Crippen LogP contribution in [0.5, 0.6) is 11.5 Å². The molecule has 2 N–H and O–H groups in total. The Morgan fingerprint density at radius 2 is 2.00 bits per heavy atom. The van der Waals surface area contributed by atoms with Crippen molar-refractivity contribution in [3.05, 3.63) is 70.8 Å². The van der Waals surface area contributed by atoms with E-state index in [4.69, 9.17) is 16.3 Å². The maximum atomic E-state index is 12.6. The Kier molecular flexibility index (Phi) is 5.83. The summed E-state index contributed by atoms with van der Waals surface area (Å²) in [6.07, 6.45) is 1.40. The van der Waals surface area contributed by atoms with E-state index in [1.165, 1.54) is 18.2 Å². The minimum Gasteiger partial charge on any atom is -0.503 e. The van der Waals surface area contributed by atoms with Crippen LogP contribution in [0.25, 0.3) is 16.8 Å². The first-order chi connectivity index (χ1) is 13.5. The minimum atomic E-state index is -0.541. The van der Waals surface area contributed by atoms with Gasteiger partial charge in [0.2, 0.25) is 0 Å². The zero-order valence-corrected chi connectivity index (χ0v) is 15.8. The third-order valence-corrected chi connectivity index (χ3v) is 4.35. The molecule has 3 aromatic carbocycles. The van der Waals surface area contributed by atoms with Gasteiger partial charge in [-0.3, -0.25) is 4.79 Å². The number of phenols is 1. The molecule has 1 amide bonds. The number of carbonyl (C=O) groups is 1. The highest BCUT2D eigenvalue weighted by Gasteiger charge is 2.14. The van der Waals surface area contributed by atoms with E-state index < -0.39 is 5.91 Å². The van der Waals surface area contributed by atoms with Crippen molar-refractivity contribution in [3.63, 3.8) is 0 Å². The fourth-order valence-corrected chi connectivity index (χ4v) is 3.00. The number of aromatic hydroxyl groups is 1. The van der Waals surface area contributed by atoms with Gasteiger partial charge in [0.05, 0.1) is 11.6 Å². The number of nitriles is 1. The molecule has 0 spiro atoms. The van der Waals surface area contributed by atoms with Gasteiger partial charge in [0.1, 0.15) is 11.6 Å². The van der Waals surface area contributed by atoms with Gasteiger partial charge in [0, 0.05) is 11.1 Å². The highest BCUT2D eigenvalue weighted by Crippen LogP contribution is 2.36. The van der Waals surface area contributed by atoms with Crippen LogP contribution in [0.2, 0.25) is 5.02 Å². The first-order valence-electron chi connectivity index (χ1n) is 8.59. The van der Waals surface area contributed by atoms with Crippen LogP contribution in [0.4, 0.5) is 5.69 Å². The molecule has 6 heteroatoms. The molecule has 0 bridgehead atoms. The van der Waals surface area contributed by atoms with Gasteiger partial charge in [0.15, 0.2) is 11.5 Å². The number of benzene rings is 3. The summed E-state index contributed by atoms with van der Waals surface area (Å²) in [4.78, 5) is 12.6. The molecule has 3 aromatic rings. The van der Waals surface area contributed by atoms with Crippen molar-refractivity contribution in [1.82, 2.24) is 0 Å². The number of hydrogen-bond acceptors (Lipinski definition) is 4. The van der Waals surface area contributed by atoms with E-state index in [0.29, 0.717) is 17.9 Å². The maximum Gasteiger partial charge on any atom is 0.266 e. The number of phenolic OH excluding ortho intramolecular Hbond substituents is 1. The normalized spacial score (nSPS) is 11.1. The van der Waals surface area contributed by atoms with Gasteiger partial charge in [0.25, 0.3) is 5.91 Å². The van der Waals surface area contributed by atoms with Crippen LogP contribution < -0.4 is 10.1 Å². The Morgan fingerprint density at radius 3 is 2.75 bits per heavy atom. The van der Waals surface area contributed by atoms with Crippen molar-refractivity contribution >= 4 is 40.0 Å². The van der Waals surface area contributed by atoms with Gasteiger partial charge in [-0.15, -0.1) is 0 Å². The van der Waals surface area contributed by atoms with Gasteiger partial charge in [-0.2, -0.15) is 5.26 Å². The van der Waals surface area contributed by atoms with E-state index >= 15 is 0 Å². The van der Waals surface area contributed by atoms with E-state index in [1.54, 1.807) is 13.0 Å². The lowest BCUT2D eigenvalue weighted by Gasteiger charge is -2.10. The molecular weight excluding hydrogens is 376 g/mol. The first-order valence-corrected chi connectivity index (χ1v) is 8.97. The van der Waals surface area contributed by atoms with Gasteiger partial charge in [-0.25, -0.2) is 0 Å². The molecule has 0 unspecified atom stereocenters. The van der Waals surface area contributed by atoms with Crippen LogP contribution in [0.15, 0.2) is 60.2 Å². The summed E-state index contributed by atoms with van der Waals surface area (Å²) in [5.74, 6) is -0.534. The molecule has 140 valence electrons. The molecule has 0 saturated carbocycles. The van der Waals surface area contributed by atoms with Crippen LogP contribution in [-0.4, -0.2) is 17.6 Å². The number of hydrogen-bond donors (Lipinski definition) is 2. The summed E-state index contributed by atoms with van der Waals surface area (Å²) in [5, 5.41) is 24.1. The van der Waals surface area contributed by atoms with Crippen molar-refractivity contribution in [2.24, 2.45) is 0 Å². The van der Waals surface area contributed by atoms with Crippen LogP contribution in [0.1, 0.15) is 12.5 Å². The molecule has 0 atom stereocenters. The van der Waals surface area contributed by atoms with Gasteiger partial charge in [-0.1, -0.05) is 48.0 Å². The van der Waals surface area contributed by atoms with E-state index in [9.17, 15) is 15.2 Å². The largest absolute Gasteiger partial charge is 0.503 e. The number of amides is 1. The molecule has 28 heavy (non-hydrogen) atoms. The summed E-state index contributed by atoms with van der Waals surface area (Å²) in [7, 11) is 0. The number of nitrogens with one attached hydrogen (secondary N) is 1. The molecule has 0 saturated heterocycles. The topological polar surface area (TPSA) is 82.3 Å². The average Bonchev–Trinajstić information content (AvgIpc) is 2.70. The maximum absolute atomic E-state index is 12.6. The Labute approximate surface area is 167 Å². The van der Waals surface area contributed by atoms with Crippen LogP contribution in [0.3, 0.4) is 0 Å². The Bertz CT molecular complexity index is 1110. The average molecular weight is 393 g/mol. The molecule has 3 rings (SSSR count). The Morgan fingerprint density at radius 1 is 1.25 bits per heavy atom. The Balaban J connectivity index is 1.93. The third-order valence-electron chi connectivity index (χ3n) is 4.06. The number of fused-ring (bicyclic) bond motifs is 1. The van der Waals surface area contributed by atoms with Gasteiger partial charge in [-0.05, 0) is 42.1 Å². The highest BCUT2D eigenvalue weighted by atomic mass is 35.5. The van der Waals surface area contributed by atoms with Crippen molar-refractivity contribution in [2.75, 3.05) is 11.9 Å². The SMILES string of the molecule is CCOc1cc(/C=C(\C#N)C(=O)Nc2cccc3ccccc23)cc(Cl)c1O. The Hall–Kier alpha value is -3.49. The molecular formula is C22H17ClN2O3. The van der Waals surface area contributed by atoms with E-state index in [-0.39, 0.29) is 22.1 Å². The number of rotatable bonds is 5. The van der Waals surface area contributed by atoms with Crippen LogP contribution >= 0.6 is 11.6 Å². The van der Waals surface area contributed by atoms with Crippen molar-refractivity contribution in [1.29, 1.82) is 5.26 Å². The number of halogens is 1. The fourth-order valence-electron chi connectivity index (χ4n) is 2.78. The predicted octanol–water partition coefficient (Wildman–Crippen LogP) is 5.14. The molecule has 0 aliphatic carbocycles. The standard InChI is InChI=1S/C22H17ClN2O3/c1-2-28-20-12-14(11-18(23)21(20)26)10-16(13-24)22(27)25-19-9-5-7-15-6-3-4-8-17(15)19/h3-12,26H,2H2,1H3,(H,25,27)/b16-10+. The lowest BCUT2D eigenvalue weighted by molar-refractivity contribution is -0.112. The molecule has 0 heterocycles. The molecule has 0 aliphatic rings. The molecule has 0 radical (unpaired) electrons. The third kappa shape index (κ3) is 4.08. The number of anilines is 1. The second kappa shape index (κ2) is 8.47. The van der Waals surface area contributed by atoms with Crippen molar-refractivity contribution < 1.29 is 14.6 Å². The van der Waals surface area contributed by atoms with Crippen molar-refractivity contribution in [2.45, 2.75) is 6.92 Å². The number of carbonyl (C=O) groups excluding carboxylic acids is 1. The summed E-state index contributed by atoms with van der Waals surface area (Å²) < 4.78 is 5.33. The highest BCUT2D eigenvalue weighted by molar-refractivity contribution is 6.32. The van der Waals surface area contributed by atoms with Crippen LogP contribution in [0, 0.1) is 11.3 Å². The fraction of sp³-hybridized carbons (Fsp3) is 0.0909. The van der Waals surface area contributed by atoms with Crippen molar-refractivity contribution in [3.8, 4) is 17.6 Å². The smallest absolute Gasteiger partial charge is 0.266 e. The zero-order chi connectivity index (χ0) is 20.1. The number of nitrogens with zero attached hydrogens (tertiary/aromatic N) is 1. The summed E-state index contributed by atoms with van der Waals surface area (Å²) >= 11 is 6.01. The number of ether oxygens (including phenoxy) is 1. The monoisotopic (exact) mass is 392 g/mol. The second-order valence-corrected chi connectivity index (χ2v) is 6.34. The summed E-state index contributed by atoms with van der Waals surface area (Å²) in [6.45, 7) is 2.11. The van der Waals surface area contributed by atoms with E-state index in [0.717, 1.165) is 10.8 Å². The predicted molar refractivity (Wildman–Crippen MR) is 110 cm³/mol. The lowest BCUT2D eigenvalue weighted by Crippen LogP contribution is -2.13. The first kappa shape index (κ1) is 19.3. The van der Waals surface area contributed by atoms with E-state index in [1.807, 2.05) is 42.5 Å². The molecule has 5 nitrogen and oxygen atoms in total. The van der Waals surface area contributed by atoms with Crippen LogP contribution in [-0.2, 0) is 4.79 Å². The molecule has 0 aliphatic heterocycles.